The summed E-state index contributed by atoms with van der Waals surface area (Å²) in [5, 5.41) is 13.7. The van der Waals surface area contributed by atoms with Crippen molar-refractivity contribution >= 4 is 23.5 Å². The van der Waals surface area contributed by atoms with Gasteiger partial charge in [-0.15, -0.1) is 11.8 Å². The van der Waals surface area contributed by atoms with Crippen molar-refractivity contribution in [2.75, 3.05) is 18.4 Å². The number of nitrogens with one attached hydrogen (secondary N) is 3. The molecule has 0 bridgehead atoms. The fourth-order valence-electron chi connectivity index (χ4n) is 3.54. The number of amides is 2. The highest BCUT2D eigenvalue weighted by Gasteiger charge is 2.31. The maximum atomic E-state index is 12.7. The molecule has 3 atom stereocenters. The highest BCUT2D eigenvalue weighted by atomic mass is 32.2. The molecule has 2 saturated heterocycles. The van der Waals surface area contributed by atoms with Gasteiger partial charge in [0.15, 0.2) is 0 Å². The molecule has 2 aliphatic rings. The molecule has 1 aromatic rings. The summed E-state index contributed by atoms with van der Waals surface area (Å²) < 4.78 is 0. The second kappa shape index (κ2) is 8.17. The molecule has 7 heteroatoms. The van der Waals surface area contributed by atoms with Crippen molar-refractivity contribution in [1.29, 1.82) is 0 Å². The first kappa shape index (κ1) is 19.5. The van der Waals surface area contributed by atoms with Crippen LogP contribution in [0.5, 0.6) is 0 Å². The number of hydrogen-bond acceptors (Lipinski definition) is 5. The molecule has 1 aromatic carbocycles. The Hall–Kier alpha value is -1.28. The first-order valence-electron chi connectivity index (χ1n) is 9.41. The number of anilines is 1. The lowest BCUT2D eigenvalue weighted by atomic mass is 9.98. The van der Waals surface area contributed by atoms with Crippen molar-refractivity contribution in [1.82, 2.24) is 15.8 Å². The zero-order valence-electron chi connectivity index (χ0n) is 15.8. The Labute approximate surface area is 160 Å². The third kappa shape index (κ3) is 4.71. The number of hydrogen-bond donors (Lipinski definition) is 4. The van der Waals surface area contributed by atoms with E-state index in [-0.39, 0.29) is 6.03 Å². The molecule has 3 unspecified atom stereocenters. The Bertz CT molecular complexity index is 630. The van der Waals surface area contributed by atoms with Crippen LogP contribution in [0, 0.1) is 0 Å². The lowest BCUT2D eigenvalue weighted by Crippen LogP contribution is -2.36. The normalized spacial score (nSPS) is 32.3. The van der Waals surface area contributed by atoms with Crippen LogP contribution < -0.4 is 16.2 Å². The molecule has 2 heterocycles. The molecule has 0 saturated carbocycles. The van der Waals surface area contributed by atoms with Gasteiger partial charge in [0.05, 0.1) is 11.3 Å². The van der Waals surface area contributed by atoms with Crippen molar-refractivity contribution in [3.05, 3.63) is 24.3 Å². The van der Waals surface area contributed by atoms with Gasteiger partial charge in [-0.3, -0.25) is 10.9 Å². The topological polar surface area (TPSA) is 76.6 Å². The fourth-order valence-corrected chi connectivity index (χ4v) is 4.79. The van der Waals surface area contributed by atoms with Crippen LogP contribution >= 0.6 is 11.8 Å². The number of para-hydroxylation sites is 1. The number of carbonyl (C=O) groups excluding carboxylic acids is 1. The Morgan fingerprint density at radius 2 is 1.92 bits per heavy atom. The molecule has 144 valence electrons. The molecule has 26 heavy (non-hydrogen) atoms. The third-order valence-electron chi connectivity index (χ3n) is 5.27. The smallest absolute Gasteiger partial charge is 0.321 e. The van der Waals surface area contributed by atoms with Crippen LogP contribution in [0.4, 0.5) is 10.5 Å². The Kier molecular flexibility index (Phi) is 6.12. The maximum Gasteiger partial charge on any atom is 0.321 e. The molecule has 3 rings (SSSR count). The monoisotopic (exact) mass is 378 g/mol. The van der Waals surface area contributed by atoms with E-state index in [0.29, 0.717) is 36.8 Å². The molecule has 0 aromatic heterocycles. The summed E-state index contributed by atoms with van der Waals surface area (Å²) in [7, 11) is 0. The number of benzene rings is 1. The minimum Gasteiger partial charge on any atom is -0.390 e. The third-order valence-corrected chi connectivity index (χ3v) is 6.97. The minimum absolute atomic E-state index is 0.0838. The van der Waals surface area contributed by atoms with Crippen molar-refractivity contribution in [2.45, 2.75) is 67.9 Å². The Balaban J connectivity index is 1.67. The molecule has 2 fully saturated rings. The molecule has 2 amide bonds. The van der Waals surface area contributed by atoms with Crippen LogP contribution in [0.2, 0.25) is 0 Å². The van der Waals surface area contributed by atoms with Gasteiger partial charge in [0.2, 0.25) is 0 Å². The average molecular weight is 379 g/mol. The van der Waals surface area contributed by atoms with Gasteiger partial charge in [-0.05, 0) is 52.2 Å². The SMILES string of the molecule is CC1NNC(C)C1Sc1ccccc1NC(=O)N1CCCC(C)(O)CC1. The number of rotatable bonds is 3. The second-order valence-electron chi connectivity index (χ2n) is 7.71. The average Bonchev–Trinajstić information content (AvgIpc) is 2.80. The molecule has 0 radical (unpaired) electrons. The first-order chi connectivity index (χ1) is 12.4. The van der Waals surface area contributed by atoms with E-state index in [2.05, 4.69) is 36.1 Å². The number of thioether (sulfide) groups is 1. The summed E-state index contributed by atoms with van der Waals surface area (Å²) in [4.78, 5) is 15.6. The van der Waals surface area contributed by atoms with Crippen LogP contribution in [-0.2, 0) is 0 Å². The number of urea groups is 1. The zero-order valence-corrected chi connectivity index (χ0v) is 16.6. The first-order valence-corrected chi connectivity index (χ1v) is 10.3. The van der Waals surface area contributed by atoms with E-state index in [0.717, 1.165) is 23.4 Å². The fraction of sp³-hybridized carbons (Fsp3) is 0.632. The highest BCUT2D eigenvalue weighted by Crippen LogP contribution is 2.35. The summed E-state index contributed by atoms with van der Waals surface area (Å²) in [6.07, 6.45) is 2.18. The molecule has 0 spiro atoms. The standard InChI is InChI=1S/C19H30N4O2S/c1-13-17(14(2)22-21-13)26-16-8-5-4-7-15(16)20-18(24)23-11-6-9-19(3,25)10-12-23/h4-5,7-8,13-14,17,21-22,25H,6,9-12H2,1-3H3,(H,20,24). The van der Waals surface area contributed by atoms with E-state index in [9.17, 15) is 9.90 Å². The van der Waals surface area contributed by atoms with Crippen molar-refractivity contribution in [2.24, 2.45) is 0 Å². The molecule has 2 aliphatic heterocycles. The summed E-state index contributed by atoms with van der Waals surface area (Å²) in [5.74, 6) is 0. The van der Waals surface area contributed by atoms with Crippen molar-refractivity contribution in [3.63, 3.8) is 0 Å². The van der Waals surface area contributed by atoms with Gasteiger partial charge in [0.1, 0.15) is 0 Å². The van der Waals surface area contributed by atoms with Gasteiger partial charge >= 0.3 is 6.03 Å². The van der Waals surface area contributed by atoms with Gasteiger partial charge in [-0.2, -0.15) is 0 Å². The number of carbonyl (C=O) groups is 1. The van der Waals surface area contributed by atoms with Crippen molar-refractivity contribution < 1.29 is 9.90 Å². The summed E-state index contributed by atoms with van der Waals surface area (Å²) in [5.41, 5.74) is 6.73. The number of nitrogens with zero attached hydrogens (tertiary/aromatic N) is 1. The molecule has 4 N–H and O–H groups in total. The van der Waals surface area contributed by atoms with Gasteiger partial charge in [-0.1, -0.05) is 12.1 Å². The van der Waals surface area contributed by atoms with Crippen LogP contribution in [-0.4, -0.2) is 52.1 Å². The number of aliphatic hydroxyl groups is 1. The van der Waals surface area contributed by atoms with E-state index in [4.69, 9.17) is 0 Å². The second-order valence-corrected chi connectivity index (χ2v) is 8.93. The maximum absolute atomic E-state index is 12.7. The zero-order chi connectivity index (χ0) is 18.7. The number of hydrazine groups is 1. The van der Waals surface area contributed by atoms with E-state index >= 15 is 0 Å². The largest absolute Gasteiger partial charge is 0.390 e. The highest BCUT2D eigenvalue weighted by molar-refractivity contribution is 8.00. The quantitative estimate of drug-likeness (QED) is 0.651. The van der Waals surface area contributed by atoms with Crippen LogP contribution in [0.25, 0.3) is 0 Å². The summed E-state index contributed by atoms with van der Waals surface area (Å²) in [6, 6.07) is 8.60. The van der Waals surface area contributed by atoms with E-state index in [1.165, 1.54) is 0 Å². The predicted molar refractivity (Wildman–Crippen MR) is 106 cm³/mol. The van der Waals surface area contributed by atoms with Crippen LogP contribution in [0.1, 0.15) is 40.0 Å². The van der Waals surface area contributed by atoms with Crippen molar-refractivity contribution in [3.8, 4) is 0 Å². The minimum atomic E-state index is -0.669. The molecular formula is C19H30N4O2S. The lowest BCUT2D eigenvalue weighted by Gasteiger charge is -2.24. The van der Waals surface area contributed by atoms with Crippen LogP contribution in [0.15, 0.2) is 29.2 Å². The van der Waals surface area contributed by atoms with Crippen LogP contribution in [0.3, 0.4) is 0 Å². The summed E-state index contributed by atoms with van der Waals surface area (Å²) >= 11 is 1.79. The van der Waals surface area contributed by atoms with E-state index in [1.807, 2.05) is 30.0 Å². The van der Waals surface area contributed by atoms with E-state index < -0.39 is 5.60 Å². The lowest BCUT2D eigenvalue weighted by molar-refractivity contribution is 0.0458. The summed E-state index contributed by atoms with van der Waals surface area (Å²) in [6.45, 7) is 7.45. The number of likely N-dealkylation sites (tertiary alicyclic amines) is 1. The Morgan fingerprint density at radius 1 is 1.23 bits per heavy atom. The molecule has 0 aliphatic carbocycles. The van der Waals surface area contributed by atoms with Gasteiger partial charge in [0, 0.05) is 35.3 Å². The van der Waals surface area contributed by atoms with E-state index in [1.54, 1.807) is 11.8 Å². The molecular weight excluding hydrogens is 348 g/mol. The molecule has 6 nitrogen and oxygen atoms in total. The Morgan fingerprint density at radius 3 is 2.65 bits per heavy atom. The van der Waals surface area contributed by atoms with Gasteiger partial charge in [-0.25, -0.2) is 4.79 Å². The van der Waals surface area contributed by atoms with Gasteiger partial charge in [0.25, 0.3) is 0 Å². The predicted octanol–water partition coefficient (Wildman–Crippen LogP) is 2.80. The van der Waals surface area contributed by atoms with Gasteiger partial charge < -0.3 is 15.3 Å².